The van der Waals surface area contributed by atoms with Crippen LogP contribution in [0.25, 0.3) is 0 Å². The van der Waals surface area contributed by atoms with E-state index in [0.29, 0.717) is 19.3 Å². The summed E-state index contributed by atoms with van der Waals surface area (Å²) in [7, 11) is 0. The summed E-state index contributed by atoms with van der Waals surface area (Å²) in [5, 5.41) is 0. The van der Waals surface area contributed by atoms with Gasteiger partial charge in [-0.25, -0.2) is 0 Å². The maximum atomic E-state index is 12.9. The molecule has 0 N–H and O–H groups in total. The zero-order valence-corrected chi connectivity index (χ0v) is 47.4. The molecule has 0 aromatic rings. The van der Waals surface area contributed by atoms with Gasteiger partial charge in [-0.05, 0) is 109 Å². The highest BCUT2D eigenvalue weighted by molar-refractivity contribution is 5.71. The van der Waals surface area contributed by atoms with Crippen LogP contribution in [-0.2, 0) is 28.6 Å². The van der Waals surface area contributed by atoms with Gasteiger partial charge in [0.1, 0.15) is 13.2 Å². The Bertz CT molecular complexity index is 1380. The molecule has 0 aliphatic carbocycles. The van der Waals surface area contributed by atoms with Crippen LogP contribution < -0.4 is 0 Å². The minimum Gasteiger partial charge on any atom is -0.462 e. The van der Waals surface area contributed by atoms with Crippen molar-refractivity contribution in [1.82, 2.24) is 0 Å². The van der Waals surface area contributed by atoms with E-state index in [-0.39, 0.29) is 37.5 Å². The molecular weight excluding hydrogens is 889 g/mol. The fourth-order valence-electron chi connectivity index (χ4n) is 8.53. The second kappa shape index (κ2) is 60.1. The van der Waals surface area contributed by atoms with Crippen LogP contribution in [0.1, 0.15) is 297 Å². The van der Waals surface area contributed by atoms with Crippen LogP contribution in [0.2, 0.25) is 0 Å². The fourth-order valence-corrected chi connectivity index (χ4v) is 8.53. The minimum atomic E-state index is -0.805. The van der Waals surface area contributed by atoms with E-state index < -0.39 is 6.10 Å². The Morgan fingerprint density at radius 1 is 0.292 bits per heavy atom. The van der Waals surface area contributed by atoms with E-state index in [2.05, 4.69) is 106 Å². The first kappa shape index (κ1) is 68.6. The van der Waals surface area contributed by atoms with E-state index in [1.807, 2.05) is 0 Å². The Hall–Kier alpha value is -3.41. The SMILES string of the molecule is CC/C=C\C/C=C\C/C=C\CCCCCCCCCCCC(=O)OCC(COC(=O)CCC/C=C\C/C=C\C/C=C\CCCCCCCC)OC(=O)CCCCCCC/C=C\CCCCCCCCCCC. The Morgan fingerprint density at radius 3 is 0.917 bits per heavy atom. The van der Waals surface area contributed by atoms with E-state index >= 15 is 0 Å². The molecule has 414 valence electrons. The van der Waals surface area contributed by atoms with Crippen LogP contribution in [0.4, 0.5) is 0 Å². The van der Waals surface area contributed by atoms with Crippen LogP contribution in [0.3, 0.4) is 0 Å². The highest BCUT2D eigenvalue weighted by atomic mass is 16.6. The molecule has 0 saturated heterocycles. The fraction of sp³-hybridized carbons (Fsp3) is 0.742. The van der Waals surface area contributed by atoms with E-state index in [1.165, 1.54) is 161 Å². The van der Waals surface area contributed by atoms with Gasteiger partial charge in [0.05, 0.1) is 0 Å². The lowest BCUT2D eigenvalue weighted by atomic mass is 10.1. The largest absolute Gasteiger partial charge is 0.462 e. The second-order valence-electron chi connectivity index (χ2n) is 20.2. The second-order valence-corrected chi connectivity index (χ2v) is 20.2. The zero-order valence-electron chi connectivity index (χ0n) is 47.4. The lowest BCUT2D eigenvalue weighted by Crippen LogP contribution is -2.30. The van der Waals surface area contributed by atoms with Gasteiger partial charge in [0.2, 0.25) is 0 Å². The van der Waals surface area contributed by atoms with Gasteiger partial charge in [-0.3, -0.25) is 14.4 Å². The Kier molecular flexibility index (Phi) is 57.3. The zero-order chi connectivity index (χ0) is 52.2. The van der Waals surface area contributed by atoms with Crippen molar-refractivity contribution >= 4 is 17.9 Å². The van der Waals surface area contributed by atoms with Gasteiger partial charge in [0.25, 0.3) is 0 Å². The third-order valence-corrected chi connectivity index (χ3v) is 13.1. The smallest absolute Gasteiger partial charge is 0.306 e. The van der Waals surface area contributed by atoms with Crippen molar-refractivity contribution in [3.05, 3.63) is 85.1 Å². The normalized spacial score (nSPS) is 12.7. The molecule has 0 aliphatic heterocycles. The Morgan fingerprint density at radius 2 is 0.556 bits per heavy atom. The molecule has 0 aromatic carbocycles. The van der Waals surface area contributed by atoms with E-state index in [1.54, 1.807) is 0 Å². The highest BCUT2D eigenvalue weighted by Crippen LogP contribution is 2.15. The van der Waals surface area contributed by atoms with Crippen molar-refractivity contribution in [1.29, 1.82) is 0 Å². The van der Waals surface area contributed by atoms with Crippen LogP contribution in [-0.4, -0.2) is 37.2 Å². The molecule has 0 bridgehead atoms. The van der Waals surface area contributed by atoms with Crippen molar-refractivity contribution in [3.8, 4) is 0 Å². The van der Waals surface area contributed by atoms with Crippen molar-refractivity contribution in [2.45, 2.75) is 303 Å². The van der Waals surface area contributed by atoms with Gasteiger partial charge >= 0.3 is 17.9 Å². The van der Waals surface area contributed by atoms with Crippen LogP contribution in [0, 0.1) is 0 Å². The maximum absolute atomic E-state index is 12.9. The molecule has 1 unspecified atom stereocenters. The molecule has 0 amide bonds. The average molecular weight is 1000 g/mol. The van der Waals surface area contributed by atoms with Crippen molar-refractivity contribution in [2.24, 2.45) is 0 Å². The standard InChI is InChI=1S/C66H114O6/c1-4-7-10-13-16-19-22-25-28-31-33-36-38-41-44-47-50-53-56-59-65(68)71-62-63(61-70-64(67)58-55-52-49-46-43-40-37-34-30-27-24-21-18-15-12-9-6-3)72-66(69)60-57-54-51-48-45-42-39-35-32-29-26-23-20-17-14-11-8-5-2/h7,10,16,19,25,27-28,30,35,37,39-40,46,49,63H,4-6,8-9,11-15,17-18,20-24,26,29,31-34,36,38,41-45,47-48,50-62H2,1-3H3/b10-7-,19-16-,28-25-,30-27-,39-35-,40-37-,49-46-. The number of allylic oxidation sites excluding steroid dienone is 14. The Balaban J connectivity index is 4.46. The summed E-state index contributed by atoms with van der Waals surface area (Å²) in [6.45, 7) is 6.49. The third kappa shape index (κ3) is 57.5. The molecule has 0 aliphatic rings. The quantitative estimate of drug-likeness (QED) is 0.0261. The molecule has 0 fully saturated rings. The van der Waals surface area contributed by atoms with E-state index in [0.717, 1.165) is 89.9 Å². The van der Waals surface area contributed by atoms with Crippen molar-refractivity contribution in [2.75, 3.05) is 13.2 Å². The summed E-state index contributed by atoms with van der Waals surface area (Å²) in [5.41, 5.74) is 0. The predicted octanol–water partition coefficient (Wildman–Crippen LogP) is 20.7. The number of esters is 3. The van der Waals surface area contributed by atoms with Gasteiger partial charge in [0, 0.05) is 19.3 Å². The number of hydrogen-bond donors (Lipinski definition) is 0. The molecule has 0 aromatic heterocycles. The van der Waals surface area contributed by atoms with Crippen LogP contribution in [0.5, 0.6) is 0 Å². The molecule has 0 saturated carbocycles. The molecule has 72 heavy (non-hydrogen) atoms. The maximum Gasteiger partial charge on any atom is 0.306 e. The molecular formula is C66H114O6. The van der Waals surface area contributed by atoms with Gasteiger partial charge < -0.3 is 14.2 Å². The molecule has 0 heterocycles. The van der Waals surface area contributed by atoms with Gasteiger partial charge in [-0.1, -0.05) is 254 Å². The average Bonchev–Trinajstić information content (AvgIpc) is 3.38. The predicted molar refractivity (Wildman–Crippen MR) is 311 cm³/mol. The molecule has 0 spiro atoms. The number of carbonyl (C=O) groups excluding carboxylic acids is 3. The van der Waals surface area contributed by atoms with Gasteiger partial charge in [-0.2, -0.15) is 0 Å². The topological polar surface area (TPSA) is 78.9 Å². The van der Waals surface area contributed by atoms with E-state index in [9.17, 15) is 14.4 Å². The first-order chi connectivity index (χ1) is 35.5. The summed E-state index contributed by atoms with van der Waals surface area (Å²) in [4.78, 5) is 38.2. The van der Waals surface area contributed by atoms with Crippen LogP contribution in [0.15, 0.2) is 85.1 Å². The van der Waals surface area contributed by atoms with Gasteiger partial charge in [-0.15, -0.1) is 0 Å². The summed E-state index contributed by atoms with van der Waals surface area (Å²) < 4.78 is 16.9. The molecule has 0 rings (SSSR count). The molecule has 1 atom stereocenters. The van der Waals surface area contributed by atoms with Crippen molar-refractivity contribution < 1.29 is 28.6 Å². The molecule has 0 radical (unpaired) electrons. The Labute approximate surface area is 445 Å². The third-order valence-electron chi connectivity index (χ3n) is 13.1. The lowest BCUT2D eigenvalue weighted by molar-refractivity contribution is -0.167. The monoisotopic (exact) mass is 1000 g/mol. The summed E-state index contributed by atoms with van der Waals surface area (Å²) in [5.74, 6) is -0.956. The first-order valence-electron chi connectivity index (χ1n) is 30.6. The lowest BCUT2D eigenvalue weighted by Gasteiger charge is -2.18. The summed E-state index contributed by atoms with van der Waals surface area (Å²) in [6, 6.07) is 0. The van der Waals surface area contributed by atoms with E-state index in [4.69, 9.17) is 14.2 Å². The molecule has 6 nitrogen and oxygen atoms in total. The number of hydrogen-bond acceptors (Lipinski definition) is 6. The first-order valence-corrected chi connectivity index (χ1v) is 30.6. The summed E-state index contributed by atoms with van der Waals surface area (Å²) in [6.07, 6.45) is 78.7. The van der Waals surface area contributed by atoms with Crippen molar-refractivity contribution in [3.63, 3.8) is 0 Å². The van der Waals surface area contributed by atoms with Gasteiger partial charge in [0.15, 0.2) is 6.10 Å². The molecule has 6 heteroatoms. The highest BCUT2D eigenvalue weighted by Gasteiger charge is 2.19. The minimum absolute atomic E-state index is 0.0978. The number of carbonyl (C=O) groups is 3. The number of unbranched alkanes of at least 4 members (excludes halogenated alkanes) is 30. The number of rotatable bonds is 55. The number of ether oxygens (including phenoxy) is 3. The van der Waals surface area contributed by atoms with Crippen LogP contribution >= 0.6 is 0 Å². The summed E-state index contributed by atoms with van der Waals surface area (Å²) >= 11 is 0.